The molecule has 0 heterocycles. The fourth-order valence-corrected chi connectivity index (χ4v) is 0.925. The molecular formula is C7H20NO7P. The molecule has 0 aromatic rings. The summed E-state index contributed by atoms with van der Waals surface area (Å²) in [5.41, 5.74) is 0. The van der Waals surface area contributed by atoms with Crippen molar-refractivity contribution in [2.24, 2.45) is 0 Å². The van der Waals surface area contributed by atoms with Crippen LogP contribution < -0.4 is 0 Å². The number of aliphatic hydroxyl groups is 3. The average Bonchev–Trinajstić information content (AvgIpc) is 2.14. The molecule has 0 spiro atoms. The van der Waals surface area contributed by atoms with Crippen molar-refractivity contribution in [1.29, 1.82) is 0 Å². The highest BCUT2D eigenvalue weighted by atomic mass is 31.2. The van der Waals surface area contributed by atoms with Gasteiger partial charge in [0.1, 0.15) is 0 Å². The largest absolute Gasteiger partial charge is 0.466 e. The molecule has 0 aliphatic rings. The van der Waals surface area contributed by atoms with Gasteiger partial charge in [-0.15, -0.1) is 0 Å². The van der Waals surface area contributed by atoms with Crippen LogP contribution in [0.5, 0.6) is 0 Å². The van der Waals surface area contributed by atoms with Crippen molar-refractivity contribution in [2.45, 2.75) is 13.0 Å². The van der Waals surface area contributed by atoms with Crippen molar-refractivity contribution in [3.63, 3.8) is 0 Å². The Morgan fingerprint density at radius 3 is 1.56 bits per heavy atom. The maximum Gasteiger partial charge on any atom is 0.466 e. The maximum absolute atomic E-state index is 8.88. The quantitative estimate of drug-likeness (QED) is 0.294. The molecule has 0 aliphatic heterocycles. The summed E-state index contributed by atoms with van der Waals surface area (Å²) >= 11 is 0. The van der Waals surface area contributed by atoms with Crippen molar-refractivity contribution in [3.8, 4) is 0 Å². The van der Waals surface area contributed by atoms with E-state index >= 15 is 0 Å². The Kier molecular flexibility index (Phi) is 11.6. The van der Waals surface area contributed by atoms with Crippen LogP contribution >= 0.6 is 7.82 Å². The zero-order chi connectivity index (χ0) is 13.2. The number of phosphoric acid groups is 1. The number of rotatable bonds is 6. The molecule has 0 rings (SSSR count). The van der Waals surface area contributed by atoms with E-state index in [1.54, 1.807) is 0 Å². The second-order valence-electron chi connectivity index (χ2n) is 3.03. The number of nitrogens with zero attached hydrogens (tertiary/aromatic N) is 1. The summed E-state index contributed by atoms with van der Waals surface area (Å²) in [7, 11) is -4.64. The van der Waals surface area contributed by atoms with Gasteiger partial charge in [-0.3, -0.25) is 4.90 Å². The van der Waals surface area contributed by atoms with E-state index in [1.165, 1.54) is 0 Å². The van der Waals surface area contributed by atoms with Gasteiger partial charge in [0.15, 0.2) is 0 Å². The summed E-state index contributed by atoms with van der Waals surface area (Å²) in [5.74, 6) is 0. The zero-order valence-electron chi connectivity index (χ0n) is 9.10. The SMILES string of the molecule is CC(CO)N(CCO)CCO.O=P(O)(O)O. The standard InChI is InChI=1S/C7H17NO3.H3O4P/c1-7(6-11)8(2-4-9)3-5-10;1-5(2,3)4/h7,9-11H,2-6H2,1H3;(H3,1,2,3,4). The highest BCUT2D eigenvalue weighted by Gasteiger charge is 2.10. The van der Waals surface area contributed by atoms with Gasteiger partial charge in [0, 0.05) is 19.1 Å². The summed E-state index contributed by atoms with van der Waals surface area (Å²) in [4.78, 5) is 23.4. The Balaban J connectivity index is 0. The van der Waals surface area contributed by atoms with Crippen LogP contribution in [-0.4, -0.2) is 73.9 Å². The van der Waals surface area contributed by atoms with E-state index in [0.29, 0.717) is 13.1 Å². The molecule has 0 saturated carbocycles. The smallest absolute Gasteiger partial charge is 0.395 e. The van der Waals surface area contributed by atoms with Gasteiger partial charge in [0.25, 0.3) is 0 Å². The van der Waals surface area contributed by atoms with E-state index in [9.17, 15) is 0 Å². The van der Waals surface area contributed by atoms with Gasteiger partial charge < -0.3 is 30.0 Å². The Hall–Kier alpha value is -0.0500. The molecule has 0 bridgehead atoms. The van der Waals surface area contributed by atoms with Crippen LogP contribution in [0, 0.1) is 0 Å². The van der Waals surface area contributed by atoms with Crippen molar-refractivity contribution in [3.05, 3.63) is 0 Å². The van der Waals surface area contributed by atoms with Gasteiger partial charge >= 0.3 is 7.82 Å². The van der Waals surface area contributed by atoms with E-state index in [2.05, 4.69) is 0 Å². The van der Waals surface area contributed by atoms with Crippen LogP contribution in [0.3, 0.4) is 0 Å². The molecule has 100 valence electrons. The molecule has 1 unspecified atom stereocenters. The van der Waals surface area contributed by atoms with Crippen LogP contribution in [0.1, 0.15) is 6.92 Å². The lowest BCUT2D eigenvalue weighted by molar-refractivity contribution is 0.0929. The van der Waals surface area contributed by atoms with E-state index < -0.39 is 7.82 Å². The predicted molar refractivity (Wildman–Crippen MR) is 56.6 cm³/mol. The molecule has 16 heavy (non-hydrogen) atoms. The first-order valence-corrected chi connectivity index (χ1v) is 6.17. The minimum Gasteiger partial charge on any atom is -0.395 e. The number of hydrogen-bond donors (Lipinski definition) is 6. The molecular weight excluding hydrogens is 241 g/mol. The Bertz CT molecular complexity index is 183. The van der Waals surface area contributed by atoms with Crippen molar-refractivity contribution in [2.75, 3.05) is 32.9 Å². The van der Waals surface area contributed by atoms with Crippen LogP contribution in [-0.2, 0) is 4.57 Å². The molecule has 0 saturated heterocycles. The minimum absolute atomic E-state index is 0.00861. The van der Waals surface area contributed by atoms with E-state index in [-0.39, 0.29) is 25.9 Å². The molecule has 0 radical (unpaired) electrons. The normalized spacial score (nSPS) is 13.2. The molecule has 1 atom stereocenters. The van der Waals surface area contributed by atoms with Gasteiger partial charge in [0.2, 0.25) is 0 Å². The molecule has 6 N–H and O–H groups in total. The fourth-order valence-electron chi connectivity index (χ4n) is 0.925. The van der Waals surface area contributed by atoms with Gasteiger partial charge in [-0.1, -0.05) is 0 Å². The summed E-state index contributed by atoms with van der Waals surface area (Å²) in [6.07, 6.45) is 0. The number of aliphatic hydroxyl groups excluding tert-OH is 3. The Morgan fingerprint density at radius 1 is 1.06 bits per heavy atom. The van der Waals surface area contributed by atoms with E-state index in [1.807, 2.05) is 11.8 Å². The van der Waals surface area contributed by atoms with Crippen molar-refractivity contribution < 1.29 is 34.6 Å². The van der Waals surface area contributed by atoms with Gasteiger partial charge in [-0.05, 0) is 6.92 Å². The molecule has 0 aromatic heterocycles. The average molecular weight is 261 g/mol. The van der Waals surface area contributed by atoms with E-state index in [0.717, 1.165) is 0 Å². The lowest BCUT2D eigenvalue weighted by atomic mass is 10.3. The fraction of sp³-hybridized carbons (Fsp3) is 1.00. The van der Waals surface area contributed by atoms with Crippen molar-refractivity contribution >= 4 is 7.82 Å². The highest BCUT2D eigenvalue weighted by Crippen LogP contribution is 2.25. The molecule has 0 fully saturated rings. The molecule has 0 aliphatic carbocycles. The molecule has 0 amide bonds. The second kappa shape index (κ2) is 10.1. The van der Waals surface area contributed by atoms with Gasteiger partial charge in [-0.25, -0.2) is 4.57 Å². The van der Waals surface area contributed by atoms with Gasteiger partial charge in [-0.2, -0.15) is 0 Å². The van der Waals surface area contributed by atoms with Crippen LogP contribution in [0.25, 0.3) is 0 Å². The summed E-state index contributed by atoms with van der Waals surface area (Å²) in [5, 5.41) is 26.0. The minimum atomic E-state index is -4.64. The monoisotopic (exact) mass is 261 g/mol. The Morgan fingerprint density at radius 2 is 1.38 bits per heavy atom. The summed E-state index contributed by atoms with van der Waals surface area (Å²) < 4.78 is 8.88. The summed E-state index contributed by atoms with van der Waals surface area (Å²) in [6, 6.07) is 0.00861. The third-order valence-electron chi connectivity index (χ3n) is 1.66. The third-order valence-corrected chi connectivity index (χ3v) is 1.66. The second-order valence-corrected chi connectivity index (χ2v) is 4.05. The topological polar surface area (TPSA) is 142 Å². The highest BCUT2D eigenvalue weighted by molar-refractivity contribution is 7.45. The van der Waals surface area contributed by atoms with Crippen molar-refractivity contribution in [1.82, 2.24) is 4.90 Å². The lowest BCUT2D eigenvalue weighted by Gasteiger charge is -2.25. The number of hydrogen-bond acceptors (Lipinski definition) is 5. The molecule has 8 nitrogen and oxygen atoms in total. The first-order chi connectivity index (χ1) is 7.26. The predicted octanol–water partition coefficient (Wildman–Crippen LogP) is -2.27. The van der Waals surface area contributed by atoms with Gasteiger partial charge in [0.05, 0.1) is 19.8 Å². The lowest BCUT2D eigenvalue weighted by Crippen LogP contribution is -2.39. The maximum atomic E-state index is 8.88. The third kappa shape index (κ3) is 16.4. The zero-order valence-corrected chi connectivity index (χ0v) is 9.99. The van der Waals surface area contributed by atoms with E-state index in [4.69, 9.17) is 34.6 Å². The van der Waals surface area contributed by atoms with Crippen LogP contribution in [0.15, 0.2) is 0 Å². The summed E-state index contributed by atoms with van der Waals surface area (Å²) in [6.45, 7) is 3.03. The Labute approximate surface area is 94.0 Å². The molecule has 9 heteroatoms. The first kappa shape index (κ1) is 18.3. The van der Waals surface area contributed by atoms with Crippen LogP contribution in [0.2, 0.25) is 0 Å². The van der Waals surface area contributed by atoms with Crippen LogP contribution in [0.4, 0.5) is 0 Å². The molecule has 0 aromatic carbocycles. The first-order valence-electron chi connectivity index (χ1n) is 4.61.